The van der Waals surface area contributed by atoms with Crippen LogP contribution in [-0.2, 0) is 11.2 Å². The Hall–Kier alpha value is -2.98. The number of furan rings is 1. The fourth-order valence-electron chi connectivity index (χ4n) is 2.89. The molecule has 0 aliphatic rings. The summed E-state index contributed by atoms with van der Waals surface area (Å²) in [5.41, 5.74) is 2.91. The van der Waals surface area contributed by atoms with E-state index in [0.717, 1.165) is 34.0 Å². The monoisotopic (exact) mass is 440 g/mol. The summed E-state index contributed by atoms with van der Waals surface area (Å²) >= 11 is 2.70. The van der Waals surface area contributed by atoms with E-state index in [1.165, 1.54) is 23.1 Å². The van der Waals surface area contributed by atoms with Gasteiger partial charge in [-0.15, -0.1) is 20.4 Å². The summed E-state index contributed by atoms with van der Waals surface area (Å²) in [4.78, 5) is 12.4. The summed E-state index contributed by atoms with van der Waals surface area (Å²) in [6.45, 7) is 5.92. The lowest BCUT2D eigenvalue weighted by Gasteiger charge is -2.10. The van der Waals surface area contributed by atoms with Gasteiger partial charge in [0.05, 0.1) is 17.6 Å². The highest BCUT2D eigenvalue weighted by Gasteiger charge is 2.20. The molecule has 1 N–H and O–H groups in total. The van der Waals surface area contributed by atoms with Crippen LogP contribution in [0.25, 0.3) is 17.1 Å². The molecule has 30 heavy (non-hydrogen) atoms. The molecule has 0 spiro atoms. The minimum absolute atomic E-state index is 0.168. The van der Waals surface area contributed by atoms with Crippen molar-refractivity contribution >= 4 is 34.1 Å². The number of rotatable bonds is 7. The summed E-state index contributed by atoms with van der Waals surface area (Å²) in [6.07, 6.45) is 2.42. The molecule has 1 amide bonds. The van der Waals surface area contributed by atoms with E-state index in [2.05, 4.69) is 31.8 Å². The van der Waals surface area contributed by atoms with Gasteiger partial charge in [0, 0.05) is 5.69 Å². The molecule has 3 heterocycles. The lowest BCUT2D eigenvalue weighted by molar-refractivity contribution is -0.113. The number of thioether (sulfide) groups is 1. The number of nitrogens with zero attached hydrogens (tertiary/aromatic N) is 5. The van der Waals surface area contributed by atoms with Gasteiger partial charge in [0.25, 0.3) is 0 Å². The summed E-state index contributed by atoms with van der Waals surface area (Å²) in [6, 6.07) is 9.93. The lowest BCUT2D eigenvalue weighted by atomic mass is 10.2. The number of anilines is 1. The van der Waals surface area contributed by atoms with E-state index < -0.39 is 0 Å². The summed E-state index contributed by atoms with van der Waals surface area (Å²) in [7, 11) is 0. The van der Waals surface area contributed by atoms with Gasteiger partial charge in [-0.25, -0.2) is 0 Å². The molecule has 8 nitrogen and oxygen atoms in total. The van der Waals surface area contributed by atoms with Gasteiger partial charge in [-0.2, -0.15) is 0 Å². The number of nitrogens with one attached hydrogen (secondary N) is 1. The molecule has 0 unspecified atom stereocenters. The van der Waals surface area contributed by atoms with Gasteiger partial charge in [0.2, 0.25) is 11.0 Å². The molecule has 0 fully saturated rings. The van der Waals surface area contributed by atoms with E-state index in [1.54, 1.807) is 6.26 Å². The van der Waals surface area contributed by atoms with Gasteiger partial charge in [-0.05, 0) is 44.0 Å². The van der Waals surface area contributed by atoms with E-state index >= 15 is 0 Å². The molecule has 0 bridgehead atoms. The van der Waals surface area contributed by atoms with Crippen molar-refractivity contribution in [2.24, 2.45) is 0 Å². The Morgan fingerprint density at radius 1 is 1.20 bits per heavy atom. The van der Waals surface area contributed by atoms with Crippen LogP contribution >= 0.6 is 23.1 Å². The first-order valence-corrected chi connectivity index (χ1v) is 11.2. The highest BCUT2D eigenvalue weighted by molar-refractivity contribution is 7.99. The Morgan fingerprint density at radius 3 is 2.77 bits per heavy atom. The number of hydrogen-bond donors (Lipinski definition) is 1. The quantitative estimate of drug-likeness (QED) is 0.428. The zero-order valence-corrected chi connectivity index (χ0v) is 18.4. The first-order valence-electron chi connectivity index (χ1n) is 9.37. The molecule has 3 aromatic heterocycles. The molecule has 0 aliphatic carbocycles. The minimum Gasteiger partial charge on any atom is -0.469 e. The van der Waals surface area contributed by atoms with Gasteiger partial charge < -0.3 is 4.42 Å². The van der Waals surface area contributed by atoms with Gasteiger partial charge in [0.1, 0.15) is 10.8 Å². The number of aryl methyl sites for hydroxylation is 3. The molecule has 0 saturated carbocycles. The van der Waals surface area contributed by atoms with Crippen molar-refractivity contribution in [2.45, 2.75) is 32.3 Å². The maximum absolute atomic E-state index is 12.4. The first kappa shape index (κ1) is 20.3. The largest absolute Gasteiger partial charge is 0.469 e. The number of amides is 1. The predicted molar refractivity (Wildman–Crippen MR) is 117 cm³/mol. The lowest BCUT2D eigenvalue weighted by Crippen LogP contribution is -2.14. The normalized spacial score (nSPS) is 11.0. The molecule has 4 rings (SSSR count). The van der Waals surface area contributed by atoms with Gasteiger partial charge in [-0.1, -0.05) is 42.2 Å². The molecular weight excluding hydrogens is 420 g/mol. The second kappa shape index (κ2) is 8.80. The second-order valence-corrected chi connectivity index (χ2v) is 8.57. The van der Waals surface area contributed by atoms with E-state index in [1.807, 2.05) is 49.6 Å². The standard InChI is InChI=1S/C20H20N6O2S2/c1-4-17-22-24-19(30-17)21-16(27)11-29-20-25-23-18(15-8-9-28-13(15)3)26(20)14-7-5-6-12(2)10-14/h5-10H,4,11H2,1-3H3,(H,21,24,27). The highest BCUT2D eigenvalue weighted by atomic mass is 32.2. The van der Waals surface area contributed by atoms with Gasteiger partial charge in [-0.3, -0.25) is 14.7 Å². The molecule has 0 atom stereocenters. The van der Waals surface area contributed by atoms with E-state index in [0.29, 0.717) is 16.1 Å². The van der Waals surface area contributed by atoms with Crippen LogP contribution in [0.4, 0.5) is 5.13 Å². The molecule has 0 radical (unpaired) electrons. The van der Waals surface area contributed by atoms with Crippen LogP contribution < -0.4 is 5.32 Å². The van der Waals surface area contributed by atoms with Crippen molar-refractivity contribution in [1.82, 2.24) is 25.0 Å². The predicted octanol–water partition coefficient (Wildman–Crippen LogP) is 4.29. The van der Waals surface area contributed by atoms with E-state index in [-0.39, 0.29) is 11.7 Å². The Labute approximate surface area is 181 Å². The topological polar surface area (TPSA) is 98.7 Å². The Balaban J connectivity index is 1.59. The summed E-state index contributed by atoms with van der Waals surface area (Å²) < 4.78 is 7.40. The van der Waals surface area contributed by atoms with Crippen LogP contribution in [0.2, 0.25) is 0 Å². The van der Waals surface area contributed by atoms with Crippen molar-refractivity contribution in [1.29, 1.82) is 0 Å². The second-order valence-electron chi connectivity index (χ2n) is 6.56. The molecular formula is C20H20N6O2S2. The first-order chi connectivity index (χ1) is 14.5. The van der Waals surface area contributed by atoms with Crippen molar-refractivity contribution in [2.75, 3.05) is 11.1 Å². The Bertz CT molecular complexity index is 1180. The molecule has 0 saturated heterocycles. The Kier molecular flexibility index (Phi) is 5.96. The molecule has 4 aromatic rings. The zero-order valence-electron chi connectivity index (χ0n) is 16.7. The van der Waals surface area contributed by atoms with Crippen molar-refractivity contribution in [3.05, 3.63) is 52.9 Å². The molecule has 154 valence electrons. The maximum Gasteiger partial charge on any atom is 0.236 e. The van der Waals surface area contributed by atoms with Crippen LogP contribution in [0, 0.1) is 13.8 Å². The van der Waals surface area contributed by atoms with Gasteiger partial charge in [0.15, 0.2) is 11.0 Å². The van der Waals surface area contributed by atoms with Crippen molar-refractivity contribution in [3.63, 3.8) is 0 Å². The smallest absolute Gasteiger partial charge is 0.236 e. The Morgan fingerprint density at radius 2 is 2.07 bits per heavy atom. The van der Waals surface area contributed by atoms with Crippen LogP contribution in [0.3, 0.4) is 0 Å². The fourth-order valence-corrected chi connectivity index (χ4v) is 4.33. The summed E-state index contributed by atoms with van der Waals surface area (Å²) in [5.74, 6) is 1.44. The van der Waals surface area contributed by atoms with Crippen molar-refractivity contribution in [3.8, 4) is 17.1 Å². The van der Waals surface area contributed by atoms with Crippen LogP contribution in [0.1, 0.15) is 23.3 Å². The number of benzene rings is 1. The highest BCUT2D eigenvalue weighted by Crippen LogP contribution is 2.30. The molecule has 1 aromatic carbocycles. The maximum atomic E-state index is 12.4. The zero-order chi connectivity index (χ0) is 21.1. The number of aromatic nitrogens is 5. The summed E-state index contributed by atoms with van der Waals surface area (Å²) in [5, 5.41) is 21.5. The fraction of sp³-hybridized carbons (Fsp3) is 0.250. The average Bonchev–Trinajstić information content (AvgIpc) is 3.45. The third kappa shape index (κ3) is 4.29. The number of hydrogen-bond acceptors (Lipinski definition) is 8. The third-order valence-corrected chi connectivity index (χ3v) is 6.25. The van der Waals surface area contributed by atoms with Crippen LogP contribution in [-0.4, -0.2) is 36.6 Å². The number of carbonyl (C=O) groups excluding carboxylic acids is 1. The van der Waals surface area contributed by atoms with Gasteiger partial charge >= 0.3 is 0 Å². The average molecular weight is 441 g/mol. The van der Waals surface area contributed by atoms with E-state index in [9.17, 15) is 4.79 Å². The van der Waals surface area contributed by atoms with Crippen LogP contribution in [0.15, 0.2) is 46.2 Å². The number of carbonyl (C=O) groups is 1. The molecule has 0 aliphatic heterocycles. The van der Waals surface area contributed by atoms with E-state index in [4.69, 9.17) is 4.42 Å². The SMILES string of the molecule is CCc1nnc(NC(=O)CSc2nnc(-c3ccoc3C)n2-c2cccc(C)c2)s1. The van der Waals surface area contributed by atoms with Crippen LogP contribution in [0.5, 0.6) is 0 Å². The van der Waals surface area contributed by atoms with Crippen molar-refractivity contribution < 1.29 is 9.21 Å². The molecule has 10 heteroatoms. The third-order valence-electron chi connectivity index (χ3n) is 4.34. The minimum atomic E-state index is -0.168.